The average molecular weight is 355 g/mol. The number of rotatable bonds is 5. The summed E-state index contributed by atoms with van der Waals surface area (Å²) >= 11 is 1.59. The number of nitrogens with zero attached hydrogens (tertiary/aromatic N) is 3. The van der Waals surface area contributed by atoms with E-state index in [9.17, 15) is 4.79 Å². The minimum absolute atomic E-state index is 0.138. The Hall–Kier alpha value is -2.41. The van der Waals surface area contributed by atoms with Crippen LogP contribution in [0, 0.1) is 19.3 Å². The van der Waals surface area contributed by atoms with E-state index in [2.05, 4.69) is 38.4 Å². The smallest absolute Gasteiger partial charge is 0.319 e. The average Bonchev–Trinajstić information content (AvgIpc) is 3.04. The van der Waals surface area contributed by atoms with Gasteiger partial charge in [0.1, 0.15) is 0 Å². The van der Waals surface area contributed by atoms with Crippen molar-refractivity contribution in [2.24, 2.45) is 5.41 Å². The molecule has 25 heavy (non-hydrogen) atoms. The molecule has 2 N–H and O–H groups in total. The standard InChI is InChI=1S/C18H21N5OS/c1-12-7-13(2)23(22-12)10-18(5-6-18)9-19-17(24)21-14-3-4-16-15(8-14)20-11-25-16/h3-4,7-8,11H,5-6,9-10H2,1-2H3,(H2,19,21,24). The maximum Gasteiger partial charge on any atom is 0.319 e. The number of benzene rings is 1. The lowest BCUT2D eigenvalue weighted by Gasteiger charge is -2.17. The molecular formula is C18H21N5OS. The molecule has 7 heteroatoms. The third kappa shape index (κ3) is 3.51. The van der Waals surface area contributed by atoms with E-state index >= 15 is 0 Å². The first-order valence-corrected chi connectivity index (χ1v) is 9.30. The molecule has 1 aliphatic carbocycles. The van der Waals surface area contributed by atoms with Crippen molar-refractivity contribution in [3.63, 3.8) is 0 Å². The molecule has 2 amide bonds. The Morgan fingerprint density at radius 3 is 2.88 bits per heavy atom. The molecule has 2 aromatic heterocycles. The molecule has 2 heterocycles. The van der Waals surface area contributed by atoms with Crippen LogP contribution in [0.15, 0.2) is 29.8 Å². The molecule has 0 radical (unpaired) electrons. The van der Waals surface area contributed by atoms with Crippen LogP contribution in [0.5, 0.6) is 0 Å². The van der Waals surface area contributed by atoms with Crippen LogP contribution in [0.1, 0.15) is 24.2 Å². The summed E-state index contributed by atoms with van der Waals surface area (Å²) in [6, 6.07) is 7.70. The van der Waals surface area contributed by atoms with Gasteiger partial charge in [-0.2, -0.15) is 5.10 Å². The van der Waals surface area contributed by atoms with Gasteiger partial charge >= 0.3 is 6.03 Å². The summed E-state index contributed by atoms with van der Waals surface area (Å²) in [7, 11) is 0. The van der Waals surface area contributed by atoms with Crippen LogP contribution >= 0.6 is 11.3 Å². The Balaban J connectivity index is 1.34. The van der Waals surface area contributed by atoms with Crippen molar-refractivity contribution < 1.29 is 4.79 Å². The Kier molecular flexibility index (Phi) is 3.95. The van der Waals surface area contributed by atoms with Gasteiger partial charge in [-0.1, -0.05) is 0 Å². The monoisotopic (exact) mass is 355 g/mol. The third-order valence-electron chi connectivity index (χ3n) is 4.76. The maximum atomic E-state index is 12.2. The van der Waals surface area contributed by atoms with E-state index in [0.717, 1.165) is 41.0 Å². The molecule has 0 spiro atoms. The summed E-state index contributed by atoms with van der Waals surface area (Å²) in [6.07, 6.45) is 2.24. The summed E-state index contributed by atoms with van der Waals surface area (Å²) in [5.41, 5.74) is 5.83. The molecule has 3 aromatic rings. The summed E-state index contributed by atoms with van der Waals surface area (Å²) < 4.78 is 3.17. The Morgan fingerprint density at radius 2 is 2.16 bits per heavy atom. The van der Waals surface area contributed by atoms with Crippen molar-refractivity contribution in [2.45, 2.75) is 33.2 Å². The molecular weight excluding hydrogens is 334 g/mol. The van der Waals surface area contributed by atoms with Crippen LogP contribution < -0.4 is 10.6 Å². The molecule has 1 fully saturated rings. The molecule has 0 atom stereocenters. The molecule has 0 aliphatic heterocycles. The van der Waals surface area contributed by atoms with Gasteiger partial charge in [-0.05, 0) is 51.0 Å². The van der Waals surface area contributed by atoms with Gasteiger partial charge in [-0.3, -0.25) is 4.68 Å². The van der Waals surface area contributed by atoms with Crippen molar-refractivity contribution in [3.8, 4) is 0 Å². The second-order valence-corrected chi connectivity index (χ2v) is 7.81. The summed E-state index contributed by atoms with van der Waals surface area (Å²) in [5.74, 6) is 0. The van der Waals surface area contributed by atoms with E-state index in [-0.39, 0.29) is 11.4 Å². The minimum Gasteiger partial charge on any atom is -0.337 e. The Bertz CT molecular complexity index is 925. The molecule has 0 bridgehead atoms. The van der Waals surface area contributed by atoms with Gasteiger partial charge in [0, 0.05) is 29.9 Å². The van der Waals surface area contributed by atoms with E-state index < -0.39 is 0 Å². The fourth-order valence-corrected chi connectivity index (χ4v) is 3.76. The Morgan fingerprint density at radius 1 is 1.32 bits per heavy atom. The summed E-state index contributed by atoms with van der Waals surface area (Å²) in [6.45, 7) is 5.60. The minimum atomic E-state index is -0.172. The molecule has 0 saturated heterocycles. The van der Waals surface area contributed by atoms with Gasteiger partial charge < -0.3 is 10.6 Å². The fourth-order valence-electron chi connectivity index (χ4n) is 3.10. The van der Waals surface area contributed by atoms with Gasteiger partial charge in [-0.25, -0.2) is 9.78 Å². The van der Waals surface area contributed by atoms with Crippen LogP contribution in [0.25, 0.3) is 10.2 Å². The molecule has 1 aromatic carbocycles. The van der Waals surface area contributed by atoms with E-state index in [1.807, 2.05) is 30.6 Å². The number of carbonyl (C=O) groups is 1. The molecule has 4 rings (SSSR count). The van der Waals surface area contributed by atoms with Crippen molar-refractivity contribution >= 4 is 33.3 Å². The molecule has 130 valence electrons. The highest BCUT2D eigenvalue weighted by Gasteiger charge is 2.43. The van der Waals surface area contributed by atoms with E-state index in [4.69, 9.17) is 0 Å². The summed E-state index contributed by atoms with van der Waals surface area (Å²) in [5, 5.41) is 10.4. The number of nitrogens with one attached hydrogen (secondary N) is 2. The molecule has 6 nitrogen and oxygen atoms in total. The van der Waals surface area contributed by atoms with Gasteiger partial charge in [0.05, 0.1) is 21.4 Å². The second kappa shape index (κ2) is 6.15. The molecule has 1 aliphatic rings. The largest absolute Gasteiger partial charge is 0.337 e. The number of aryl methyl sites for hydroxylation is 2. The first-order valence-electron chi connectivity index (χ1n) is 8.42. The molecule has 0 unspecified atom stereocenters. The van der Waals surface area contributed by atoms with Gasteiger partial charge in [0.2, 0.25) is 0 Å². The quantitative estimate of drug-likeness (QED) is 0.733. The van der Waals surface area contributed by atoms with Crippen LogP contribution in [-0.4, -0.2) is 27.3 Å². The number of aromatic nitrogens is 3. The van der Waals surface area contributed by atoms with Crippen molar-refractivity contribution in [2.75, 3.05) is 11.9 Å². The van der Waals surface area contributed by atoms with Gasteiger partial charge in [0.25, 0.3) is 0 Å². The zero-order chi connectivity index (χ0) is 17.4. The predicted molar refractivity (Wildman–Crippen MR) is 100 cm³/mol. The lowest BCUT2D eigenvalue weighted by molar-refractivity contribution is 0.247. The fraction of sp³-hybridized carbons (Fsp3) is 0.389. The number of fused-ring (bicyclic) bond motifs is 1. The number of hydrogen-bond donors (Lipinski definition) is 2. The van der Waals surface area contributed by atoms with E-state index in [1.165, 1.54) is 5.69 Å². The normalized spacial score (nSPS) is 15.3. The van der Waals surface area contributed by atoms with Crippen LogP contribution in [0.3, 0.4) is 0 Å². The van der Waals surface area contributed by atoms with Crippen LogP contribution in [0.4, 0.5) is 10.5 Å². The Labute approximate surface area is 150 Å². The first-order chi connectivity index (χ1) is 12.0. The highest BCUT2D eigenvalue weighted by atomic mass is 32.1. The number of amides is 2. The topological polar surface area (TPSA) is 71.8 Å². The van der Waals surface area contributed by atoms with E-state index in [0.29, 0.717) is 6.54 Å². The highest BCUT2D eigenvalue weighted by Crippen LogP contribution is 2.46. The van der Waals surface area contributed by atoms with Crippen molar-refractivity contribution in [1.82, 2.24) is 20.1 Å². The third-order valence-corrected chi connectivity index (χ3v) is 5.57. The van der Waals surface area contributed by atoms with Crippen molar-refractivity contribution in [3.05, 3.63) is 41.2 Å². The lowest BCUT2D eigenvalue weighted by atomic mass is 10.1. The number of anilines is 1. The summed E-state index contributed by atoms with van der Waals surface area (Å²) in [4.78, 5) is 16.5. The number of urea groups is 1. The highest BCUT2D eigenvalue weighted by molar-refractivity contribution is 7.16. The van der Waals surface area contributed by atoms with E-state index in [1.54, 1.807) is 11.3 Å². The zero-order valence-corrected chi connectivity index (χ0v) is 15.2. The zero-order valence-electron chi connectivity index (χ0n) is 14.4. The number of thiazole rings is 1. The predicted octanol–water partition coefficient (Wildman–Crippen LogP) is 3.71. The van der Waals surface area contributed by atoms with Gasteiger partial charge in [0.15, 0.2) is 0 Å². The first kappa shape index (κ1) is 16.1. The maximum absolute atomic E-state index is 12.2. The second-order valence-electron chi connectivity index (χ2n) is 6.93. The lowest BCUT2D eigenvalue weighted by Crippen LogP contribution is -2.35. The van der Waals surface area contributed by atoms with Crippen LogP contribution in [0.2, 0.25) is 0 Å². The molecule has 1 saturated carbocycles. The number of carbonyl (C=O) groups excluding carboxylic acids is 1. The van der Waals surface area contributed by atoms with Crippen molar-refractivity contribution in [1.29, 1.82) is 0 Å². The SMILES string of the molecule is Cc1cc(C)n(CC2(CNC(=O)Nc3ccc4scnc4c3)CC2)n1. The van der Waals surface area contributed by atoms with Crippen LogP contribution in [-0.2, 0) is 6.54 Å². The van der Waals surface area contributed by atoms with Gasteiger partial charge in [-0.15, -0.1) is 11.3 Å². The number of hydrogen-bond acceptors (Lipinski definition) is 4.